The van der Waals surface area contributed by atoms with Crippen LogP contribution < -0.4 is 10.5 Å². The van der Waals surface area contributed by atoms with Crippen LogP contribution in [0.1, 0.15) is 63.1 Å². The highest BCUT2D eigenvalue weighted by molar-refractivity contribution is 5.39. The zero-order valence-corrected chi connectivity index (χ0v) is 12.8. The summed E-state index contributed by atoms with van der Waals surface area (Å²) in [4.78, 5) is 0. The molecule has 2 aliphatic carbocycles. The Bertz CT molecular complexity index is 460. The van der Waals surface area contributed by atoms with Crippen molar-refractivity contribution < 1.29 is 4.74 Å². The van der Waals surface area contributed by atoms with Gasteiger partial charge in [0, 0.05) is 6.04 Å². The first-order chi connectivity index (χ1) is 9.61. The van der Waals surface area contributed by atoms with Crippen LogP contribution in [-0.4, -0.2) is 6.10 Å². The van der Waals surface area contributed by atoms with E-state index in [0.717, 1.165) is 24.0 Å². The van der Waals surface area contributed by atoms with Gasteiger partial charge in [-0.25, -0.2) is 0 Å². The van der Waals surface area contributed by atoms with E-state index in [0.29, 0.717) is 6.10 Å². The summed E-state index contributed by atoms with van der Waals surface area (Å²) in [5.74, 6) is 2.58. The Morgan fingerprint density at radius 2 is 1.85 bits per heavy atom. The van der Waals surface area contributed by atoms with E-state index < -0.39 is 0 Å². The molecule has 0 radical (unpaired) electrons. The molecule has 2 nitrogen and oxygen atoms in total. The number of nitrogens with two attached hydrogens (primary N) is 1. The molecule has 0 spiro atoms. The van der Waals surface area contributed by atoms with Gasteiger partial charge in [0.1, 0.15) is 5.75 Å². The molecule has 2 N–H and O–H groups in total. The monoisotopic (exact) mass is 273 g/mol. The second-order valence-corrected chi connectivity index (χ2v) is 7.02. The quantitative estimate of drug-likeness (QED) is 0.875. The van der Waals surface area contributed by atoms with Gasteiger partial charge < -0.3 is 10.5 Å². The molecule has 3 atom stereocenters. The molecule has 2 aliphatic rings. The van der Waals surface area contributed by atoms with E-state index >= 15 is 0 Å². The Labute approximate surface area is 122 Å². The van der Waals surface area contributed by atoms with Gasteiger partial charge >= 0.3 is 0 Å². The second kappa shape index (κ2) is 5.77. The van der Waals surface area contributed by atoms with E-state index in [1.54, 1.807) is 0 Å². The molecule has 1 fully saturated rings. The fourth-order valence-corrected chi connectivity index (χ4v) is 4.05. The lowest BCUT2D eigenvalue weighted by Gasteiger charge is -2.32. The number of fused-ring (bicyclic) bond motifs is 1. The summed E-state index contributed by atoms with van der Waals surface area (Å²) in [7, 11) is 0. The minimum Gasteiger partial charge on any atom is -0.490 e. The van der Waals surface area contributed by atoms with Gasteiger partial charge in [0.25, 0.3) is 0 Å². The molecular weight excluding hydrogens is 246 g/mol. The molecule has 0 aliphatic heterocycles. The maximum atomic E-state index is 6.25. The first-order valence-corrected chi connectivity index (χ1v) is 8.17. The Kier molecular flexibility index (Phi) is 4.02. The smallest absolute Gasteiger partial charge is 0.120 e. The van der Waals surface area contributed by atoms with E-state index in [9.17, 15) is 0 Å². The summed E-state index contributed by atoms with van der Waals surface area (Å²) in [6.07, 6.45) is 7.59. The maximum Gasteiger partial charge on any atom is 0.120 e. The van der Waals surface area contributed by atoms with Crippen LogP contribution in [0.25, 0.3) is 0 Å². The molecule has 0 bridgehead atoms. The van der Waals surface area contributed by atoms with Crippen LogP contribution in [0.4, 0.5) is 0 Å². The Morgan fingerprint density at radius 1 is 1.10 bits per heavy atom. The van der Waals surface area contributed by atoms with Gasteiger partial charge in [-0.1, -0.05) is 19.9 Å². The molecule has 2 heteroatoms. The van der Waals surface area contributed by atoms with E-state index in [2.05, 4.69) is 32.0 Å². The normalized spacial score (nSPS) is 33.5. The average Bonchev–Trinajstić information content (AvgIpc) is 2.38. The van der Waals surface area contributed by atoms with Crippen molar-refractivity contribution in [1.82, 2.24) is 0 Å². The lowest BCUT2D eigenvalue weighted by atomic mass is 9.81. The van der Waals surface area contributed by atoms with Gasteiger partial charge in [-0.05, 0) is 73.6 Å². The highest BCUT2D eigenvalue weighted by atomic mass is 16.5. The molecule has 110 valence electrons. The molecule has 0 aromatic heterocycles. The number of aryl methyl sites for hydroxylation is 1. The van der Waals surface area contributed by atoms with Gasteiger partial charge in [0.05, 0.1) is 6.10 Å². The standard InChI is InChI=1S/C18H27NO/c1-12-8-13(2)10-16(9-12)20-15-7-6-14-4-3-5-18(19)17(14)11-15/h6-7,11-13,16,18H,3-5,8-10,19H2,1-2H3. The van der Waals surface area contributed by atoms with Crippen molar-refractivity contribution in [3.8, 4) is 5.75 Å². The average molecular weight is 273 g/mol. The highest BCUT2D eigenvalue weighted by Gasteiger charge is 2.25. The van der Waals surface area contributed by atoms with Gasteiger partial charge in [-0.2, -0.15) is 0 Å². The molecule has 3 unspecified atom stereocenters. The Hall–Kier alpha value is -1.02. The summed E-state index contributed by atoms with van der Waals surface area (Å²) in [6.45, 7) is 4.68. The summed E-state index contributed by atoms with van der Waals surface area (Å²) in [5, 5.41) is 0. The minimum absolute atomic E-state index is 0.200. The Morgan fingerprint density at radius 3 is 2.60 bits per heavy atom. The van der Waals surface area contributed by atoms with Crippen molar-refractivity contribution >= 4 is 0 Å². The molecule has 0 heterocycles. The number of rotatable bonds is 2. The Balaban J connectivity index is 1.73. The summed E-state index contributed by atoms with van der Waals surface area (Å²) >= 11 is 0. The number of ether oxygens (including phenoxy) is 1. The lowest BCUT2D eigenvalue weighted by molar-refractivity contribution is 0.101. The molecule has 1 saturated carbocycles. The zero-order chi connectivity index (χ0) is 14.1. The largest absolute Gasteiger partial charge is 0.490 e. The lowest BCUT2D eigenvalue weighted by Crippen LogP contribution is -2.28. The highest BCUT2D eigenvalue weighted by Crippen LogP contribution is 2.34. The van der Waals surface area contributed by atoms with Crippen molar-refractivity contribution in [2.75, 3.05) is 0 Å². The van der Waals surface area contributed by atoms with Crippen molar-refractivity contribution in [2.45, 2.75) is 64.5 Å². The molecule has 1 aromatic rings. The second-order valence-electron chi connectivity index (χ2n) is 7.02. The molecule has 0 saturated heterocycles. The van der Waals surface area contributed by atoms with E-state index in [1.807, 2.05) is 0 Å². The molecule has 0 amide bonds. The van der Waals surface area contributed by atoms with Gasteiger partial charge in [0.15, 0.2) is 0 Å². The third kappa shape index (κ3) is 3.01. The van der Waals surface area contributed by atoms with E-state index in [4.69, 9.17) is 10.5 Å². The van der Waals surface area contributed by atoms with Crippen molar-refractivity contribution in [2.24, 2.45) is 17.6 Å². The van der Waals surface area contributed by atoms with Crippen molar-refractivity contribution in [3.63, 3.8) is 0 Å². The van der Waals surface area contributed by atoms with Crippen LogP contribution in [0.5, 0.6) is 5.75 Å². The molecule has 3 rings (SSSR count). The summed E-state index contributed by atoms with van der Waals surface area (Å²) in [5.41, 5.74) is 8.97. The van der Waals surface area contributed by atoms with Gasteiger partial charge in [-0.3, -0.25) is 0 Å². The van der Waals surface area contributed by atoms with Crippen LogP contribution in [0, 0.1) is 11.8 Å². The van der Waals surface area contributed by atoms with Crippen LogP contribution >= 0.6 is 0 Å². The van der Waals surface area contributed by atoms with E-state index in [1.165, 1.54) is 43.2 Å². The van der Waals surface area contributed by atoms with Crippen molar-refractivity contribution in [3.05, 3.63) is 29.3 Å². The van der Waals surface area contributed by atoms with Crippen LogP contribution in [0.2, 0.25) is 0 Å². The SMILES string of the molecule is CC1CC(C)CC(Oc2ccc3c(c2)C(N)CCC3)C1. The fraction of sp³-hybridized carbons (Fsp3) is 0.667. The fourth-order valence-electron chi connectivity index (χ4n) is 4.05. The van der Waals surface area contributed by atoms with Crippen molar-refractivity contribution in [1.29, 1.82) is 0 Å². The predicted molar refractivity (Wildman–Crippen MR) is 82.9 cm³/mol. The first-order valence-electron chi connectivity index (χ1n) is 8.17. The molecule has 20 heavy (non-hydrogen) atoms. The first kappa shape index (κ1) is 13.9. The maximum absolute atomic E-state index is 6.25. The van der Waals surface area contributed by atoms with Gasteiger partial charge in [0.2, 0.25) is 0 Å². The minimum atomic E-state index is 0.200. The topological polar surface area (TPSA) is 35.2 Å². The molecular formula is C18H27NO. The third-order valence-corrected chi connectivity index (χ3v) is 4.92. The number of hydrogen-bond acceptors (Lipinski definition) is 2. The van der Waals surface area contributed by atoms with Gasteiger partial charge in [-0.15, -0.1) is 0 Å². The number of benzene rings is 1. The predicted octanol–water partition coefficient (Wildman–Crippen LogP) is 4.23. The van der Waals surface area contributed by atoms with E-state index in [-0.39, 0.29) is 6.04 Å². The summed E-state index contributed by atoms with van der Waals surface area (Å²) in [6, 6.07) is 6.76. The van der Waals surface area contributed by atoms with Crippen LogP contribution in [0.3, 0.4) is 0 Å². The molecule has 1 aromatic carbocycles. The number of hydrogen-bond donors (Lipinski definition) is 1. The summed E-state index contributed by atoms with van der Waals surface area (Å²) < 4.78 is 6.25. The third-order valence-electron chi connectivity index (χ3n) is 4.92. The van der Waals surface area contributed by atoms with Crippen LogP contribution in [-0.2, 0) is 6.42 Å². The zero-order valence-electron chi connectivity index (χ0n) is 12.8. The van der Waals surface area contributed by atoms with Crippen LogP contribution in [0.15, 0.2) is 18.2 Å².